The summed E-state index contributed by atoms with van der Waals surface area (Å²) in [7, 11) is 1.59. The van der Waals surface area contributed by atoms with E-state index in [1.165, 1.54) is 11.8 Å². The summed E-state index contributed by atoms with van der Waals surface area (Å²) >= 11 is 1.52. The number of H-pyrrole nitrogens is 1. The highest BCUT2D eigenvalue weighted by Gasteiger charge is 2.36. The van der Waals surface area contributed by atoms with Gasteiger partial charge >= 0.3 is 5.97 Å². The monoisotopic (exact) mass is 429 g/mol. The number of aromatic nitrogens is 2. The Bertz CT molecular complexity index is 998. The first-order valence-electron chi connectivity index (χ1n) is 10.1. The summed E-state index contributed by atoms with van der Waals surface area (Å²) in [5.41, 5.74) is 1.98. The van der Waals surface area contributed by atoms with E-state index in [9.17, 15) is 9.59 Å². The van der Waals surface area contributed by atoms with Crippen LogP contribution in [0.25, 0.3) is 0 Å². The lowest BCUT2D eigenvalue weighted by atomic mass is 9.82. The molecule has 0 amide bonds. The van der Waals surface area contributed by atoms with Gasteiger partial charge in [-0.2, -0.15) is 0 Å². The van der Waals surface area contributed by atoms with E-state index in [0.29, 0.717) is 33.6 Å². The fourth-order valence-electron chi connectivity index (χ4n) is 3.42. The van der Waals surface area contributed by atoms with Crippen LogP contribution in [0.15, 0.2) is 45.5 Å². The average molecular weight is 430 g/mol. The van der Waals surface area contributed by atoms with Gasteiger partial charge in [0.2, 0.25) is 0 Å². The molecule has 7 nitrogen and oxygen atoms in total. The van der Waals surface area contributed by atoms with E-state index in [1.807, 2.05) is 24.3 Å². The van der Waals surface area contributed by atoms with Gasteiger partial charge in [0.05, 0.1) is 30.8 Å². The third-order valence-electron chi connectivity index (χ3n) is 4.90. The predicted octanol–water partition coefficient (Wildman–Crippen LogP) is 4.07. The number of ether oxygens (including phenoxy) is 2. The molecule has 1 aromatic carbocycles. The van der Waals surface area contributed by atoms with E-state index >= 15 is 0 Å². The van der Waals surface area contributed by atoms with Crippen molar-refractivity contribution in [3.05, 3.63) is 57.0 Å². The minimum Gasteiger partial charge on any atom is -0.497 e. The van der Waals surface area contributed by atoms with Crippen LogP contribution in [0.3, 0.4) is 0 Å². The maximum atomic E-state index is 13.1. The largest absolute Gasteiger partial charge is 0.497 e. The number of unbranched alkanes of at least 4 members (excludes halogenated alkanes) is 1. The maximum Gasteiger partial charge on any atom is 0.336 e. The number of methoxy groups -OCH3 is 1. The average Bonchev–Trinajstić information content (AvgIpc) is 2.73. The second-order valence-corrected chi connectivity index (χ2v) is 8.01. The quantitative estimate of drug-likeness (QED) is 0.283. The molecule has 3 rings (SSSR count). The number of esters is 1. The van der Waals surface area contributed by atoms with Gasteiger partial charge in [-0.05, 0) is 38.0 Å². The van der Waals surface area contributed by atoms with Gasteiger partial charge in [0.25, 0.3) is 5.56 Å². The Labute approximate surface area is 180 Å². The topological polar surface area (TPSA) is 93.3 Å². The summed E-state index contributed by atoms with van der Waals surface area (Å²) < 4.78 is 10.5. The number of aromatic amines is 1. The van der Waals surface area contributed by atoms with E-state index in [-0.39, 0.29) is 12.2 Å². The molecule has 1 atom stereocenters. The zero-order valence-electron chi connectivity index (χ0n) is 17.7. The molecule has 0 fully saturated rings. The Morgan fingerprint density at radius 1 is 1.23 bits per heavy atom. The van der Waals surface area contributed by atoms with Gasteiger partial charge in [0.1, 0.15) is 11.6 Å². The highest BCUT2D eigenvalue weighted by Crippen LogP contribution is 2.40. The lowest BCUT2D eigenvalue weighted by Gasteiger charge is -2.28. The molecule has 0 aliphatic carbocycles. The van der Waals surface area contributed by atoms with Gasteiger partial charge < -0.3 is 19.8 Å². The van der Waals surface area contributed by atoms with E-state index in [1.54, 1.807) is 21.0 Å². The minimum atomic E-state index is -0.586. The number of nitrogens with one attached hydrogen (secondary N) is 2. The van der Waals surface area contributed by atoms with E-state index in [2.05, 4.69) is 22.2 Å². The van der Waals surface area contributed by atoms with Gasteiger partial charge in [-0.1, -0.05) is 37.2 Å². The molecule has 0 saturated heterocycles. The molecule has 2 N–H and O–H groups in total. The number of fused-ring (bicyclic) bond motifs is 1. The highest BCUT2D eigenvalue weighted by molar-refractivity contribution is 7.99. The number of rotatable bonds is 8. The second-order valence-electron chi connectivity index (χ2n) is 6.93. The molecule has 1 aliphatic heterocycles. The van der Waals surface area contributed by atoms with Gasteiger partial charge in [0.15, 0.2) is 5.16 Å². The van der Waals surface area contributed by atoms with Crippen LogP contribution in [0.4, 0.5) is 5.82 Å². The van der Waals surface area contributed by atoms with Crippen LogP contribution in [0, 0.1) is 0 Å². The zero-order valence-corrected chi connectivity index (χ0v) is 18.5. The number of thioether (sulfide) groups is 1. The van der Waals surface area contributed by atoms with Crippen LogP contribution in [0.5, 0.6) is 5.75 Å². The first kappa shape index (κ1) is 22.0. The maximum absolute atomic E-state index is 13.1. The number of benzene rings is 1. The third kappa shape index (κ3) is 4.53. The molecular formula is C22H27N3O4S. The lowest BCUT2D eigenvalue weighted by Crippen LogP contribution is -2.31. The summed E-state index contributed by atoms with van der Waals surface area (Å²) in [5.74, 6) is 1.01. The van der Waals surface area contributed by atoms with Crippen LogP contribution in [0.1, 0.15) is 50.7 Å². The Hall–Kier alpha value is -2.74. The van der Waals surface area contributed by atoms with E-state index in [0.717, 1.165) is 24.2 Å². The predicted molar refractivity (Wildman–Crippen MR) is 118 cm³/mol. The smallest absolute Gasteiger partial charge is 0.336 e. The van der Waals surface area contributed by atoms with Crippen LogP contribution in [-0.4, -0.2) is 35.4 Å². The number of hydrogen-bond acceptors (Lipinski definition) is 7. The van der Waals surface area contributed by atoms with Crippen LogP contribution in [0.2, 0.25) is 0 Å². The van der Waals surface area contributed by atoms with Crippen molar-refractivity contribution in [2.75, 3.05) is 24.8 Å². The molecule has 8 heteroatoms. The van der Waals surface area contributed by atoms with Crippen molar-refractivity contribution in [1.82, 2.24) is 9.97 Å². The molecular weight excluding hydrogens is 402 g/mol. The summed E-state index contributed by atoms with van der Waals surface area (Å²) in [5, 5.41) is 3.72. The highest BCUT2D eigenvalue weighted by atomic mass is 32.2. The number of anilines is 1. The molecule has 160 valence electrons. The number of carbonyl (C=O) groups excluding carboxylic acids is 1. The Balaban J connectivity index is 2.12. The molecule has 0 spiro atoms. The number of nitrogens with zero attached hydrogens (tertiary/aromatic N) is 1. The standard InChI is InChI=1S/C22H27N3O4S/c1-5-7-12-30-22-24-19-18(20(26)25-22)17(14-8-10-15(28-4)11-9-14)16(13(3)23-19)21(27)29-6-2/h8-11,17H,5-7,12H2,1-4H3,(H2,23,24,25,26)/t17-/m0/s1. The summed E-state index contributed by atoms with van der Waals surface area (Å²) in [6, 6.07) is 7.33. The van der Waals surface area contributed by atoms with Crippen LogP contribution >= 0.6 is 11.8 Å². The first-order valence-corrected chi connectivity index (χ1v) is 11.0. The summed E-state index contributed by atoms with van der Waals surface area (Å²) in [6.07, 6.45) is 2.12. The van der Waals surface area contributed by atoms with Gasteiger partial charge in [-0.25, -0.2) is 9.78 Å². The second kappa shape index (κ2) is 9.84. The first-order chi connectivity index (χ1) is 14.5. The van der Waals surface area contributed by atoms with Crippen molar-refractivity contribution < 1.29 is 14.3 Å². The van der Waals surface area contributed by atoms with Gasteiger partial charge in [0, 0.05) is 11.4 Å². The molecule has 1 aromatic heterocycles. The van der Waals surface area contributed by atoms with Gasteiger partial charge in [-0.3, -0.25) is 4.79 Å². The lowest BCUT2D eigenvalue weighted by molar-refractivity contribution is -0.138. The van der Waals surface area contributed by atoms with Crippen molar-refractivity contribution in [2.45, 2.75) is 44.7 Å². The van der Waals surface area contributed by atoms with E-state index in [4.69, 9.17) is 9.47 Å². The number of hydrogen-bond donors (Lipinski definition) is 2. The fraction of sp³-hybridized carbons (Fsp3) is 0.409. The molecule has 1 aliphatic rings. The Kier molecular flexibility index (Phi) is 7.20. The zero-order chi connectivity index (χ0) is 21.7. The molecule has 30 heavy (non-hydrogen) atoms. The van der Waals surface area contributed by atoms with Gasteiger partial charge in [-0.15, -0.1) is 0 Å². The minimum absolute atomic E-state index is 0.249. The van der Waals surface area contributed by atoms with Crippen molar-refractivity contribution in [3.8, 4) is 5.75 Å². The van der Waals surface area contributed by atoms with Crippen molar-refractivity contribution in [2.24, 2.45) is 0 Å². The molecule has 0 radical (unpaired) electrons. The number of carbonyl (C=O) groups is 1. The normalized spacial score (nSPS) is 15.4. The van der Waals surface area contributed by atoms with E-state index < -0.39 is 11.9 Å². The fourth-order valence-corrected chi connectivity index (χ4v) is 4.37. The molecule has 2 aromatic rings. The SMILES string of the molecule is CCCCSc1nc2c(c(=O)[nH]1)[C@@H](c1ccc(OC)cc1)C(C(=O)OCC)=C(C)N2. The van der Waals surface area contributed by atoms with Crippen LogP contribution < -0.4 is 15.6 Å². The molecule has 0 bridgehead atoms. The Morgan fingerprint density at radius 3 is 2.60 bits per heavy atom. The number of allylic oxidation sites excluding steroid dienone is 1. The van der Waals surface area contributed by atoms with Crippen molar-refractivity contribution in [3.63, 3.8) is 0 Å². The molecule has 0 unspecified atom stereocenters. The molecule has 2 heterocycles. The van der Waals surface area contributed by atoms with Crippen LogP contribution in [-0.2, 0) is 9.53 Å². The Morgan fingerprint density at radius 2 is 1.97 bits per heavy atom. The van der Waals surface area contributed by atoms with Crippen molar-refractivity contribution in [1.29, 1.82) is 0 Å². The molecule has 0 saturated carbocycles. The van der Waals surface area contributed by atoms with Crippen molar-refractivity contribution >= 4 is 23.5 Å². The summed E-state index contributed by atoms with van der Waals surface area (Å²) in [4.78, 5) is 33.4. The summed E-state index contributed by atoms with van der Waals surface area (Å²) in [6.45, 7) is 5.93. The third-order valence-corrected chi connectivity index (χ3v) is 5.86.